The largest absolute Gasteiger partial charge is 0.486 e. The van der Waals surface area contributed by atoms with E-state index in [-0.39, 0.29) is 33.5 Å². The highest BCUT2D eigenvalue weighted by Crippen LogP contribution is 2.37. The minimum absolute atomic E-state index is 0.000790. The third kappa shape index (κ3) is 6.64. The summed E-state index contributed by atoms with van der Waals surface area (Å²) >= 11 is 12.2. The molecule has 2 N–H and O–H groups in total. The van der Waals surface area contributed by atoms with Gasteiger partial charge in [0.05, 0.1) is 15.6 Å². The number of halogens is 6. The lowest BCUT2D eigenvalue weighted by molar-refractivity contribution is -0.142. The van der Waals surface area contributed by atoms with Crippen molar-refractivity contribution in [1.82, 2.24) is 0 Å². The van der Waals surface area contributed by atoms with Crippen LogP contribution >= 0.6 is 23.2 Å². The predicted octanol–water partition coefficient (Wildman–Crippen LogP) is 6.38. The monoisotopic (exact) mass is 479 g/mol. The van der Waals surface area contributed by atoms with E-state index in [4.69, 9.17) is 33.0 Å². The van der Waals surface area contributed by atoms with Crippen molar-refractivity contribution in [2.75, 3.05) is 11.9 Å². The van der Waals surface area contributed by atoms with Gasteiger partial charge >= 0.3 is 12.1 Å². The van der Waals surface area contributed by atoms with Crippen LogP contribution in [-0.4, -0.2) is 23.8 Å². The van der Waals surface area contributed by atoms with Gasteiger partial charge in [-0.1, -0.05) is 23.2 Å². The Bertz CT molecular complexity index is 941. The summed E-state index contributed by atoms with van der Waals surface area (Å²) in [6.45, 7) is 0.369. The van der Waals surface area contributed by atoms with Crippen molar-refractivity contribution in [3.63, 3.8) is 0 Å². The average molecular weight is 480 g/mol. The molecule has 3 rings (SSSR count). The molecule has 0 heterocycles. The second-order valence-corrected chi connectivity index (χ2v) is 8.24. The van der Waals surface area contributed by atoms with Gasteiger partial charge in [0.2, 0.25) is 6.17 Å². The summed E-state index contributed by atoms with van der Waals surface area (Å²) in [4.78, 5) is 10.7. The van der Waals surface area contributed by atoms with Crippen molar-refractivity contribution in [2.24, 2.45) is 5.92 Å². The highest BCUT2D eigenvalue weighted by Gasteiger charge is 2.31. The van der Waals surface area contributed by atoms with Crippen LogP contribution in [0.15, 0.2) is 30.3 Å². The minimum atomic E-state index is -4.52. The zero-order chi connectivity index (χ0) is 22.8. The van der Waals surface area contributed by atoms with Crippen LogP contribution < -0.4 is 10.1 Å². The van der Waals surface area contributed by atoms with Crippen molar-refractivity contribution in [1.29, 1.82) is 0 Å². The van der Waals surface area contributed by atoms with Crippen LogP contribution in [0.3, 0.4) is 0 Å². The lowest BCUT2D eigenvalue weighted by atomic mass is 10.1. The molecule has 0 bridgehead atoms. The Morgan fingerprint density at radius 1 is 1.13 bits per heavy atom. The summed E-state index contributed by atoms with van der Waals surface area (Å²) < 4.78 is 58.8. The van der Waals surface area contributed by atoms with Gasteiger partial charge in [0.25, 0.3) is 0 Å². The summed E-state index contributed by atoms with van der Waals surface area (Å²) in [5, 5.41) is 11.7. The normalized spacial score (nSPS) is 14.9. The highest BCUT2D eigenvalue weighted by atomic mass is 35.5. The lowest BCUT2D eigenvalue weighted by Gasteiger charge is -2.16. The summed E-state index contributed by atoms with van der Waals surface area (Å²) in [7, 11) is 0. The number of rotatable bonds is 9. The molecule has 10 heteroatoms. The van der Waals surface area contributed by atoms with E-state index in [9.17, 15) is 22.4 Å². The third-order valence-electron chi connectivity index (χ3n) is 4.74. The quantitative estimate of drug-likeness (QED) is 0.409. The van der Waals surface area contributed by atoms with Gasteiger partial charge in [0, 0.05) is 18.7 Å². The summed E-state index contributed by atoms with van der Waals surface area (Å²) in [6, 6.07) is 6.23. The number of carboxylic acids is 1. The third-order valence-corrected chi connectivity index (χ3v) is 5.30. The molecule has 1 unspecified atom stereocenters. The van der Waals surface area contributed by atoms with Gasteiger partial charge in [-0.05, 0) is 60.2 Å². The number of carbonyl (C=O) groups is 1. The van der Waals surface area contributed by atoms with E-state index in [2.05, 4.69) is 5.32 Å². The van der Waals surface area contributed by atoms with Gasteiger partial charge < -0.3 is 15.2 Å². The summed E-state index contributed by atoms with van der Waals surface area (Å²) in [6.07, 6.45) is -4.95. The molecule has 1 aliphatic rings. The Balaban J connectivity index is 1.76. The van der Waals surface area contributed by atoms with Gasteiger partial charge in [0.15, 0.2) is 5.75 Å². The molecule has 0 aromatic heterocycles. The van der Waals surface area contributed by atoms with Crippen LogP contribution in [0.25, 0.3) is 0 Å². The van der Waals surface area contributed by atoms with E-state index in [1.807, 2.05) is 0 Å². The standard InChI is InChI=1S/C21H19Cl2F4NO3/c22-16-5-12(7-18(24)20(29)30)6-17(23)19(16)31-10-13-3-14(21(25,26)27)8-15(4-13)28-9-11-1-2-11/h3-6,8,11,18,28H,1-2,7,9-10H2,(H,29,30). The molecule has 31 heavy (non-hydrogen) atoms. The Morgan fingerprint density at radius 2 is 1.77 bits per heavy atom. The van der Waals surface area contributed by atoms with E-state index in [0.29, 0.717) is 18.2 Å². The van der Waals surface area contributed by atoms with Crippen molar-refractivity contribution in [3.8, 4) is 5.75 Å². The Kier molecular flexibility index (Phi) is 7.21. The highest BCUT2D eigenvalue weighted by molar-refractivity contribution is 6.37. The van der Waals surface area contributed by atoms with E-state index < -0.39 is 30.3 Å². The summed E-state index contributed by atoms with van der Waals surface area (Å²) in [5.41, 5.74) is 0.0551. The number of hydrogen-bond donors (Lipinski definition) is 2. The number of anilines is 1. The molecule has 1 fully saturated rings. The van der Waals surface area contributed by atoms with Crippen LogP contribution in [0.2, 0.25) is 10.0 Å². The Morgan fingerprint density at radius 3 is 2.32 bits per heavy atom. The first-order valence-electron chi connectivity index (χ1n) is 9.45. The first-order chi connectivity index (χ1) is 14.5. The molecule has 1 saturated carbocycles. The fourth-order valence-corrected chi connectivity index (χ4v) is 3.58. The molecule has 2 aromatic rings. The van der Waals surface area contributed by atoms with Crippen LogP contribution in [0.4, 0.5) is 23.2 Å². The van der Waals surface area contributed by atoms with E-state index in [1.165, 1.54) is 12.1 Å². The molecule has 0 saturated heterocycles. The molecule has 0 spiro atoms. The predicted molar refractivity (Wildman–Crippen MR) is 110 cm³/mol. The van der Waals surface area contributed by atoms with Crippen LogP contribution in [0.5, 0.6) is 5.75 Å². The molecule has 0 amide bonds. The SMILES string of the molecule is O=C(O)C(F)Cc1cc(Cl)c(OCc2cc(NCC3CC3)cc(C(F)(F)F)c2)c(Cl)c1. The first kappa shape index (κ1) is 23.5. The molecular weight excluding hydrogens is 461 g/mol. The number of ether oxygens (including phenoxy) is 1. The van der Waals surface area contributed by atoms with E-state index in [1.54, 1.807) is 6.07 Å². The molecule has 0 aliphatic heterocycles. The average Bonchev–Trinajstić information content (AvgIpc) is 3.49. The molecule has 4 nitrogen and oxygen atoms in total. The zero-order valence-electron chi connectivity index (χ0n) is 16.1. The van der Waals surface area contributed by atoms with Gasteiger partial charge in [0.1, 0.15) is 6.61 Å². The Hall–Kier alpha value is -2.19. The Labute approximate surface area is 186 Å². The number of carboxylic acid groups (broad SMARTS) is 1. The fraction of sp³-hybridized carbons (Fsp3) is 0.381. The van der Waals surface area contributed by atoms with Crippen LogP contribution in [0.1, 0.15) is 29.5 Å². The number of hydrogen-bond acceptors (Lipinski definition) is 3. The van der Waals surface area contributed by atoms with Gasteiger partial charge in [-0.15, -0.1) is 0 Å². The molecule has 2 aromatic carbocycles. The zero-order valence-corrected chi connectivity index (χ0v) is 17.6. The van der Waals surface area contributed by atoms with E-state index in [0.717, 1.165) is 25.0 Å². The minimum Gasteiger partial charge on any atom is -0.486 e. The van der Waals surface area contributed by atoms with Crippen molar-refractivity contribution in [2.45, 2.75) is 38.2 Å². The van der Waals surface area contributed by atoms with Crippen molar-refractivity contribution >= 4 is 34.9 Å². The number of alkyl halides is 4. The van der Waals surface area contributed by atoms with Crippen molar-refractivity contribution in [3.05, 3.63) is 57.1 Å². The maximum absolute atomic E-state index is 13.4. The molecule has 1 atom stereocenters. The molecule has 0 radical (unpaired) electrons. The van der Waals surface area contributed by atoms with Crippen molar-refractivity contribution < 1.29 is 32.2 Å². The lowest BCUT2D eigenvalue weighted by Crippen LogP contribution is -2.17. The molecular formula is C21H19Cl2F4NO3. The number of aliphatic carboxylic acids is 1. The van der Waals surface area contributed by atoms with Gasteiger partial charge in [-0.25, -0.2) is 9.18 Å². The van der Waals surface area contributed by atoms with Crippen LogP contribution in [-0.2, 0) is 24.0 Å². The number of nitrogens with one attached hydrogen (secondary N) is 1. The van der Waals surface area contributed by atoms with Gasteiger partial charge in [-0.2, -0.15) is 13.2 Å². The molecule has 1 aliphatic carbocycles. The smallest absolute Gasteiger partial charge is 0.416 e. The van der Waals surface area contributed by atoms with Gasteiger partial charge in [-0.3, -0.25) is 0 Å². The molecule has 168 valence electrons. The second-order valence-electron chi connectivity index (χ2n) is 7.43. The maximum atomic E-state index is 13.4. The number of benzene rings is 2. The second kappa shape index (κ2) is 9.53. The topological polar surface area (TPSA) is 58.6 Å². The van der Waals surface area contributed by atoms with E-state index >= 15 is 0 Å². The fourth-order valence-electron chi connectivity index (χ4n) is 2.94. The summed E-state index contributed by atoms with van der Waals surface area (Å²) in [5.74, 6) is -1.11. The van der Waals surface area contributed by atoms with Crippen LogP contribution in [0, 0.1) is 5.92 Å². The maximum Gasteiger partial charge on any atom is 0.416 e. The first-order valence-corrected chi connectivity index (χ1v) is 10.2.